The lowest BCUT2D eigenvalue weighted by molar-refractivity contribution is -0.119. The summed E-state index contributed by atoms with van der Waals surface area (Å²) in [5.41, 5.74) is 11.4. The number of fused-ring (bicyclic) bond motifs is 1. The maximum atomic E-state index is 10.8. The number of rotatable bonds is 3. The van der Waals surface area contributed by atoms with Crippen LogP contribution in [0.25, 0.3) is 0 Å². The van der Waals surface area contributed by atoms with Crippen molar-refractivity contribution in [2.24, 2.45) is 22.8 Å². The van der Waals surface area contributed by atoms with Crippen LogP contribution in [0.3, 0.4) is 0 Å². The molecule has 1 aliphatic carbocycles. The Morgan fingerprint density at radius 2 is 2.36 bits per heavy atom. The Balaban J connectivity index is 2.01. The molecule has 2 atom stereocenters. The maximum absolute atomic E-state index is 10.8. The molecule has 14 heavy (non-hydrogen) atoms. The first-order chi connectivity index (χ1) is 6.66. The van der Waals surface area contributed by atoms with Crippen LogP contribution in [-0.4, -0.2) is 37.0 Å². The van der Waals surface area contributed by atoms with Crippen LogP contribution in [0, 0.1) is 11.3 Å². The fraction of sp³-hybridized carbons (Fsp3) is 0.900. The van der Waals surface area contributed by atoms with Crippen LogP contribution in [0.15, 0.2) is 0 Å². The van der Waals surface area contributed by atoms with Crippen LogP contribution in [0.4, 0.5) is 0 Å². The van der Waals surface area contributed by atoms with E-state index in [1.807, 2.05) is 0 Å². The number of carbonyl (C=O) groups excluding carboxylic acids is 1. The second-order valence-electron chi connectivity index (χ2n) is 4.79. The molecular weight excluding hydrogens is 178 g/mol. The number of likely N-dealkylation sites (tertiary alicyclic amines) is 1. The van der Waals surface area contributed by atoms with Gasteiger partial charge in [-0.05, 0) is 30.7 Å². The van der Waals surface area contributed by atoms with Gasteiger partial charge in [0.25, 0.3) is 0 Å². The van der Waals surface area contributed by atoms with Crippen LogP contribution in [0.1, 0.15) is 19.3 Å². The largest absolute Gasteiger partial charge is 0.369 e. The molecule has 1 saturated heterocycles. The van der Waals surface area contributed by atoms with Crippen molar-refractivity contribution in [3.05, 3.63) is 0 Å². The fourth-order valence-corrected chi connectivity index (χ4v) is 3.20. The molecule has 0 bridgehead atoms. The average Bonchev–Trinajstić information content (AvgIpc) is 2.59. The van der Waals surface area contributed by atoms with Gasteiger partial charge in [0.05, 0.1) is 6.54 Å². The van der Waals surface area contributed by atoms with E-state index in [0.29, 0.717) is 17.9 Å². The van der Waals surface area contributed by atoms with Crippen molar-refractivity contribution in [3.8, 4) is 0 Å². The molecule has 4 nitrogen and oxygen atoms in total. The third kappa shape index (κ3) is 1.53. The number of carbonyl (C=O) groups is 1. The fourth-order valence-electron chi connectivity index (χ4n) is 3.20. The summed E-state index contributed by atoms with van der Waals surface area (Å²) in [5, 5.41) is 0. The van der Waals surface area contributed by atoms with E-state index in [9.17, 15) is 4.79 Å². The quantitative estimate of drug-likeness (QED) is 0.642. The Morgan fingerprint density at radius 3 is 2.93 bits per heavy atom. The Morgan fingerprint density at radius 1 is 1.57 bits per heavy atom. The molecule has 4 heteroatoms. The molecule has 1 heterocycles. The minimum atomic E-state index is -0.225. The summed E-state index contributed by atoms with van der Waals surface area (Å²) in [6.07, 6.45) is 3.79. The molecule has 1 aliphatic heterocycles. The molecule has 4 N–H and O–H groups in total. The third-order valence-electron chi connectivity index (χ3n) is 3.90. The molecule has 0 aromatic rings. The molecular formula is C10H19N3O. The van der Waals surface area contributed by atoms with Crippen molar-refractivity contribution in [3.63, 3.8) is 0 Å². The van der Waals surface area contributed by atoms with Gasteiger partial charge in [-0.15, -0.1) is 0 Å². The molecule has 80 valence electrons. The lowest BCUT2D eigenvalue weighted by Crippen LogP contribution is -2.37. The lowest BCUT2D eigenvalue weighted by Gasteiger charge is -2.26. The van der Waals surface area contributed by atoms with E-state index in [0.717, 1.165) is 19.6 Å². The van der Waals surface area contributed by atoms with Crippen molar-refractivity contribution in [1.29, 1.82) is 0 Å². The minimum Gasteiger partial charge on any atom is -0.369 e. The summed E-state index contributed by atoms with van der Waals surface area (Å²) >= 11 is 0. The molecule has 0 aromatic carbocycles. The van der Waals surface area contributed by atoms with Crippen LogP contribution < -0.4 is 11.5 Å². The molecule has 1 amide bonds. The molecule has 0 spiro atoms. The summed E-state index contributed by atoms with van der Waals surface area (Å²) in [4.78, 5) is 13.0. The van der Waals surface area contributed by atoms with Gasteiger partial charge in [0.2, 0.25) is 5.91 Å². The smallest absolute Gasteiger partial charge is 0.231 e. The zero-order valence-electron chi connectivity index (χ0n) is 8.54. The predicted molar refractivity (Wildman–Crippen MR) is 54.5 cm³/mol. The van der Waals surface area contributed by atoms with E-state index in [-0.39, 0.29) is 5.91 Å². The highest BCUT2D eigenvalue weighted by atomic mass is 16.1. The second-order valence-corrected chi connectivity index (χ2v) is 4.79. The highest BCUT2D eigenvalue weighted by molar-refractivity contribution is 5.76. The van der Waals surface area contributed by atoms with Crippen molar-refractivity contribution >= 4 is 5.91 Å². The Hall–Kier alpha value is -0.610. The summed E-state index contributed by atoms with van der Waals surface area (Å²) in [6, 6.07) is 0. The Labute approximate surface area is 84.6 Å². The van der Waals surface area contributed by atoms with Crippen molar-refractivity contribution < 1.29 is 4.79 Å². The summed E-state index contributed by atoms with van der Waals surface area (Å²) < 4.78 is 0. The molecule has 0 aromatic heterocycles. The van der Waals surface area contributed by atoms with Gasteiger partial charge in [0, 0.05) is 13.1 Å². The van der Waals surface area contributed by atoms with E-state index < -0.39 is 0 Å². The van der Waals surface area contributed by atoms with Crippen LogP contribution in [0.2, 0.25) is 0 Å². The molecule has 2 aliphatic rings. The highest BCUT2D eigenvalue weighted by Crippen LogP contribution is 2.47. The van der Waals surface area contributed by atoms with Crippen molar-refractivity contribution in [2.45, 2.75) is 19.3 Å². The van der Waals surface area contributed by atoms with Gasteiger partial charge in [-0.3, -0.25) is 9.69 Å². The number of nitrogens with two attached hydrogens (primary N) is 2. The molecule has 1 saturated carbocycles. The zero-order valence-corrected chi connectivity index (χ0v) is 8.54. The van der Waals surface area contributed by atoms with Gasteiger partial charge in [-0.25, -0.2) is 0 Å². The first-order valence-electron chi connectivity index (χ1n) is 5.37. The lowest BCUT2D eigenvalue weighted by atomic mass is 9.81. The number of hydrogen-bond acceptors (Lipinski definition) is 3. The molecule has 0 radical (unpaired) electrons. The topological polar surface area (TPSA) is 72.3 Å². The Bertz CT molecular complexity index is 244. The second kappa shape index (κ2) is 3.51. The predicted octanol–water partition coefficient (Wildman–Crippen LogP) is -0.467. The van der Waals surface area contributed by atoms with Crippen LogP contribution in [-0.2, 0) is 4.79 Å². The maximum Gasteiger partial charge on any atom is 0.231 e. The number of hydrogen-bond donors (Lipinski definition) is 2. The van der Waals surface area contributed by atoms with E-state index in [4.69, 9.17) is 11.5 Å². The zero-order chi connectivity index (χ0) is 10.2. The monoisotopic (exact) mass is 197 g/mol. The van der Waals surface area contributed by atoms with Gasteiger partial charge < -0.3 is 11.5 Å². The minimum absolute atomic E-state index is 0.225. The average molecular weight is 197 g/mol. The molecule has 2 fully saturated rings. The normalized spacial score (nSPS) is 37.4. The Kier molecular flexibility index (Phi) is 2.49. The van der Waals surface area contributed by atoms with Gasteiger partial charge in [0.15, 0.2) is 0 Å². The SMILES string of the molecule is NC[C@]12CCC[C@H]1CN(CC(N)=O)C2. The van der Waals surface area contributed by atoms with Gasteiger partial charge in [-0.2, -0.15) is 0 Å². The number of nitrogens with zero attached hydrogens (tertiary/aromatic N) is 1. The van der Waals surface area contributed by atoms with E-state index in [1.165, 1.54) is 19.3 Å². The summed E-state index contributed by atoms with van der Waals surface area (Å²) in [7, 11) is 0. The van der Waals surface area contributed by atoms with Crippen LogP contribution in [0.5, 0.6) is 0 Å². The molecule has 0 unspecified atom stereocenters. The molecule has 2 rings (SSSR count). The number of primary amides is 1. The summed E-state index contributed by atoms with van der Waals surface area (Å²) in [6.45, 7) is 3.14. The van der Waals surface area contributed by atoms with E-state index >= 15 is 0 Å². The van der Waals surface area contributed by atoms with Crippen molar-refractivity contribution in [2.75, 3.05) is 26.2 Å². The van der Waals surface area contributed by atoms with E-state index in [2.05, 4.69) is 4.90 Å². The van der Waals surface area contributed by atoms with Gasteiger partial charge >= 0.3 is 0 Å². The highest BCUT2D eigenvalue weighted by Gasteiger charge is 2.48. The van der Waals surface area contributed by atoms with Crippen LogP contribution >= 0.6 is 0 Å². The van der Waals surface area contributed by atoms with Crippen molar-refractivity contribution in [1.82, 2.24) is 4.90 Å². The third-order valence-corrected chi connectivity index (χ3v) is 3.90. The van der Waals surface area contributed by atoms with Gasteiger partial charge in [-0.1, -0.05) is 6.42 Å². The standard InChI is InChI=1S/C10H19N3O/c11-6-10-3-1-2-8(10)4-13(7-10)5-9(12)14/h8H,1-7,11H2,(H2,12,14)/t8-,10-/m0/s1. The number of amides is 1. The first-order valence-corrected chi connectivity index (χ1v) is 5.37. The van der Waals surface area contributed by atoms with Gasteiger partial charge in [0.1, 0.15) is 0 Å². The van der Waals surface area contributed by atoms with E-state index in [1.54, 1.807) is 0 Å². The summed E-state index contributed by atoms with van der Waals surface area (Å²) in [5.74, 6) is 0.476. The first kappa shape index (κ1) is 9.93.